The van der Waals surface area contributed by atoms with E-state index in [-0.39, 0.29) is 0 Å². The van der Waals surface area contributed by atoms with Crippen LogP contribution in [0, 0.1) is 5.92 Å². The second kappa shape index (κ2) is 2.65. The van der Waals surface area contributed by atoms with E-state index in [9.17, 15) is 0 Å². The smallest absolute Gasteiger partial charge is 0.0177 e. The molecule has 1 heterocycles. The molecule has 0 aromatic rings. The highest BCUT2D eigenvalue weighted by molar-refractivity contribution is 5.13. The van der Waals surface area contributed by atoms with Gasteiger partial charge in [-0.3, -0.25) is 0 Å². The van der Waals surface area contributed by atoms with E-state index in [0.29, 0.717) is 0 Å². The zero-order chi connectivity index (χ0) is 7.72. The maximum absolute atomic E-state index is 2.34. The Hall–Kier alpha value is -0.460. The number of hydrogen-bond acceptors (Lipinski definition) is 1. The van der Waals surface area contributed by atoms with Crippen molar-refractivity contribution in [2.75, 3.05) is 13.6 Å². The number of hydrogen-bond donors (Lipinski definition) is 0. The molecule has 0 saturated heterocycles. The standard InChI is InChI=1S/C9H17N/c1-7-5-6-10(4)9(3)8(7)2/h7H,5-6H2,1-4H3. The topological polar surface area (TPSA) is 3.24 Å². The Balaban J connectivity index is 2.81. The summed E-state index contributed by atoms with van der Waals surface area (Å²) in [6, 6.07) is 0. The van der Waals surface area contributed by atoms with E-state index in [1.54, 1.807) is 5.57 Å². The number of allylic oxidation sites excluding steroid dienone is 2. The summed E-state index contributed by atoms with van der Waals surface area (Å²) in [5.74, 6) is 0.802. The third-order valence-electron chi connectivity index (χ3n) is 2.78. The molecule has 1 rings (SSSR count). The van der Waals surface area contributed by atoms with Gasteiger partial charge in [-0.25, -0.2) is 0 Å². The van der Waals surface area contributed by atoms with Crippen LogP contribution >= 0.6 is 0 Å². The fourth-order valence-corrected chi connectivity index (χ4v) is 1.43. The molecule has 1 aliphatic heterocycles. The van der Waals surface area contributed by atoms with Gasteiger partial charge in [-0.2, -0.15) is 0 Å². The van der Waals surface area contributed by atoms with Gasteiger partial charge in [0.2, 0.25) is 0 Å². The van der Waals surface area contributed by atoms with Crippen molar-refractivity contribution in [3.63, 3.8) is 0 Å². The summed E-state index contributed by atoms with van der Waals surface area (Å²) in [6.07, 6.45) is 1.32. The van der Waals surface area contributed by atoms with Crippen molar-refractivity contribution >= 4 is 0 Å². The van der Waals surface area contributed by atoms with Gasteiger partial charge in [0.1, 0.15) is 0 Å². The molecule has 0 N–H and O–H groups in total. The Morgan fingerprint density at radius 3 is 2.50 bits per heavy atom. The average molecular weight is 139 g/mol. The minimum atomic E-state index is 0.802. The highest BCUT2D eigenvalue weighted by Crippen LogP contribution is 2.24. The SMILES string of the molecule is CC1=C(C)N(C)CCC1C. The molecule has 0 aliphatic carbocycles. The van der Waals surface area contributed by atoms with Gasteiger partial charge in [0.15, 0.2) is 0 Å². The third kappa shape index (κ3) is 1.18. The van der Waals surface area contributed by atoms with Crippen molar-refractivity contribution in [2.24, 2.45) is 5.92 Å². The first kappa shape index (κ1) is 7.64. The molecular formula is C9H17N. The summed E-state index contributed by atoms with van der Waals surface area (Å²) in [5, 5.41) is 0. The molecule has 1 heteroatoms. The predicted octanol–water partition coefficient (Wildman–Crippen LogP) is 2.25. The van der Waals surface area contributed by atoms with Crippen molar-refractivity contribution < 1.29 is 0 Å². The molecule has 1 aliphatic rings. The maximum atomic E-state index is 2.34. The van der Waals surface area contributed by atoms with E-state index >= 15 is 0 Å². The Bertz CT molecular complexity index is 140. The Morgan fingerprint density at radius 1 is 1.40 bits per heavy atom. The minimum Gasteiger partial charge on any atom is -0.378 e. The quantitative estimate of drug-likeness (QED) is 0.497. The zero-order valence-electron chi connectivity index (χ0n) is 7.44. The molecule has 0 radical (unpaired) electrons. The molecule has 0 saturated carbocycles. The highest BCUT2D eigenvalue weighted by atomic mass is 15.1. The van der Waals surface area contributed by atoms with Crippen molar-refractivity contribution in [3.05, 3.63) is 11.3 Å². The van der Waals surface area contributed by atoms with E-state index in [2.05, 4.69) is 32.7 Å². The first-order valence-corrected chi connectivity index (χ1v) is 4.01. The van der Waals surface area contributed by atoms with E-state index in [1.165, 1.54) is 18.7 Å². The Kier molecular flexibility index (Phi) is 2.02. The van der Waals surface area contributed by atoms with Gasteiger partial charge in [0.05, 0.1) is 0 Å². The molecule has 1 atom stereocenters. The largest absolute Gasteiger partial charge is 0.378 e. The van der Waals surface area contributed by atoms with E-state index in [1.807, 2.05) is 0 Å². The van der Waals surface area contributed by atoms with Gasteiger partial charge in [0, 0.05) is 19.3 Å². The van der Waals surface area contributed by atoms with Gasteiger partial charge >= 0.3 is 0 Å². The molecule has 0 aromatic carbocycles. The van der Waals surface area contributed by atoms with Crippen LogP contribution in [0.15, 0.2) is 11.3 Å². The summed E-state index contributed by atoms with van der Waals surface area (Å²) in [4.78, 5) is 2.34. The second-order valence-corrected chi connectivity index (χ2v) is 3.38. The molecule has 0 bridgehead atoms. The maximum Gasteiger partial charge on any atom is 0.0177 e. The van der Waals surface area contributed by atoms with Gasteiger partial charge in [-0.05, 0) is 26.2 Å². The van der Waals surface area contributed by atoms with Crippen LogP contribution in [0.5, 0.6) is 0 Å². The van der Waals surface area contributed by atoms with E-state index in [0.717, 1.165) is 5.92 Å². The van der Waals surface area contributed by atoms with Crippen molar-refractivity contribution in [3.8, 4) is 0 Å². The lowest BCUT2D eigenvalue weighted by atomic mass is 9.93. The van der Waals surface area contributed by atoms with Gasteiger partial charge in [-0.1, -0.05) is 12.5 Å². The predicted molar refractivity (Wildman–Crippen MR) is 44.8 cm³/mol. The molecule has 10 heavy (non-hydrogen) atoms. The molecule has 1 nitrogen and oxygen atoms in total. The molecule has 58 valence electrons. The first-order valence-electron chi connectivity index (χ1n) is 4.01. The normalized spacial score (nSPS) is 27.6. The molecule has 0 aromatic heterocycles. The monoisotopic (exact) mass is 139 g/mol. The van der Waals surface area contributed by atoms with Gasteiger partial charge < -0.3 is 4.90 Å². The van der Waals surface area contributed by atoms with Gasteiger partial charge in [-0.15, -0.1) is 0 Å². The molecule has 0 spiro atoms. The van der Waals surface area contributed by atoms with Crippen LogP contribution in [-0.4, -0.2) is 18.5 Å². The van der Waals surface area contributed by atoms with Crippen LogP contribution in [-0.2, 0) is 0 Å². The van der Waals surface area contributed by atoms with Crippen molar-refractivity contribution in [1.82, 2.24) is 4.90 Å². The van der Waals surface area contributed by atoms with Crippen LogP contribution in [0.4, 0.5) is 0 Å². The second-order valence-electron chi connectivity index (χ2n) is 3.38. The number of rotatable bonds is 0. The molecule has 0 amide bonds. The highest BCUT2D eigenvalue weighted by Gasteiger charge is 2.15. The first-order chi connectivity index (χ1) is 4.63. The summed E-state index contributed by atoms with van der Waals surface area (Å²) in [6.45, 7) is 8.00. The van der Waals surface area contributed by atoms with Gasteiger partial charge in [0.25, 0.3) is 0 Å². The summed E-state index contributed by atoms with van der Waals surface area (Å²) < 4.78 is 0. The minimum absolute atomic E-state index is 0.802. The lowest BCUT2D eigenvalue weighted by Gasteiger charge is -2.31. The third-order valence-corrected chi connectivity index (χ3v) is 2.78. The summed E-state index contributed by atoms with van der Waals surface area (Å²) in [7, 11) is 2.17. The van der Waals surface area contributed by atoms with E-state index in [4.69, 9.17) is 0 Å². The summed E-state index contributed by atoms with van der Waals surface area (Å²) >= 11 is 0. The summed E-state index contributed by atoms with van der Waals surface area (Å²) in [5.41, 5.74) is 3.03. The lowest BCUT2D eigenvalue weighted by molar-refractivity contribution is 0.342. The molecular weight excluding hydrogens is 122 g/mol. The van der Waals surface area contributed by atoms with Crippen LogP contribution < -0.4 is 0 Å². The Labute approximate surface area is 63.7 Å². The fraction of sp³-hybridized carbons (Fsp3) is 0.778. The zero-order valence-corrected chi connectivity index (χ0v) is 7.44. The number of nitrogens with zero attached hydrogens (tertiary/aromatic N) is 1. The van der Waals surface area contributed by atoms with Crippen LogP contribution in [0.3, 0.4) is 0 Å². The van der Waals surface area contributed by atoms with Crippen molar-refractivity contribution in [2.45, 2.75) is 27.2 Å². The Morgan fingerprint density at radius 2 is 2.00 bits per heavy atom. The van der Waals surface area contributed by atoms with Crippen LogP contribution in [0.25, 0.3) is 0 Å². The van der Waals surface area contributed by atoms with E-state index < -0.39 is 0 Å². The van der Waals surface area contributed by atoms with Crippen molar-refractivity contribution in [1.29, 1.82) is 0 Å². The molecule has 1 unspecified atom stereocenters. The van der Waals surface area contributed by atoms with Crippen LogP contribution in [0.2, 0.25) is 0 Å². The fourth-order valence-electron chi connectivity index (χ4n) is 1.43. The molecule has 0 fully saturated rings. The average Bonchev–Trinajstić information content (AvgIpc) is 1.93. The lowest BCUT2D eigenvalue weighted by Crippen LogP contribution is -2.26. The van der Waals surface area contributed by atoms with Crippen LogP contribution in [0.1, 0.15) is 27.2 Å².